The lowest BCUT2D eigenvalue weighted by Crippen LogP contribution is -2.49. The van der Waals surface area contributed by atoms with Crippen LogP contribution in [-0.4, -0.2) is 35.7 Å². The van der Waals surface area contributed by atoms with Crippen LogP contribution in [0.2, 0.25) is 5.02 Å². The highest BCUT2D eigenvalue weighted by Gasteiger charge is 2.36. The van der Waals surface area contributed by atoms with Crippen molar-refractivity contribution in [3.63, 3.8) is 0 Å². The fourth-order valence-corrected chi connectivity index (χ4v) is 2.65. The number of nitrogens with one attached hydrogen (secondary N) is 1. The van der Waals surface area contributed by atoms with Gasteiger partial charge in [0.1, 0.15) is 11.6 Å². The second kappa shape index (κ2) is 9.98. The Morgan fingerprint density at radius 3 is 2.19 bits per heavy atom. The molecule has 1 unspecified atom stereocenters. The molecule has 2 rings (SSSR count). The lowest BCUT2D eigenvalue weighted by molar-refractivity contribution is -0.152. The van der Waals surface area contributed by atoms with Crippen molar-refractivity contribution in [3.8, 4) is 0 Å². The highest BCUT2D eigenvalue weighted by molar-refractivity contribution is 6.53. The molecule has 0 spiro atoms. The number of hydrogen-bond donors (Lipinski definition) is 2. The highest BCUT2D eigenvalue weighted by Crippen LogP contribution is 2.26. The summed E-state index contributed by atoms with van der Waals surface area (Å²) in [6.07, 6.45) is -1.57. The van der Waals surface area contributed by atoms with E-state index >= 15 is 0 Å². The summed E-state index contributed by atoms with van der Waals surface area (Å²) in [7, 11) is 1.39. The molecule has 1 amide bonds. The van der Waals surface area contributed by atoms with Crippen molar-refractivity contribution < 1.29 is 32.9 Å². The number of aliphatic hydroxyl groups is 1. The SMILES string of the molecule is CC(=O)OC(C(=O)Nc1ccc([B]OC(C)(C)C(C)(C)O)c(Cl)c1)c1cc(F)cc(F)c1. The molecule has 2 aromatic rings. The maximum absolute atomic E-state index is 13.6. The van der Waals surface area contributed by atoms with E-state index in [0.717, 1.165) is 19.1 Å². The van der Waals surface area contributed by atoms with Gasteiger partial charge in [-0.2, -0.15) is 0 Å². The van der Waals surface area contributed by atoms with Crippen LogP contribution in [0.25, 0.3) is 0 Å². The van der Waals surface area contributed by atoms with Gasteiger partial charge in [0.05, 0.1) is 11.2 Å². The van der Waals surface area contributed by atoms with Crippen molar-refractivity contribution >= 4 is 42.1 Å². The number of ether oxygens (including phenoxy) is 1. The third kappa shape index (κ3) is 6.75. The van der Waals surface area contributed by atoms with Crippen LogP contribution in [0.4, 0.5) is 14.5 Å². The Balaban J connectivity index is 2.18. The van der Waals surface area contributed by atoms with E-state index in [9.17, 15) is 23.5 Å². The second-order valence-electron chi connectivity index (χ2n) is 8.22. The number of hydrogen-bond acceptors (Lipinski definition) is 5. The van der Waals surface area contributed by atoms with Gasteiger partial charge < -0.3 is 19.8 Å². The van der Waals surface area contributed by atoms with Gasteiger partial charge in [-0.15, -0.1) is 0 Å². The summed E-state index contributed by atoms with van der Waals surface area (Å²) in [5, 5.41) is 12.9. The summed E-state index contributed by atoms with van der Waals surface area (Å²) in [5.74, 6) is -3.45. The summed E-state index contributed by atoms with van der Waals surface area (Å²) in [6, 6.07) is 6.98. The van der Waals surface area contributed by atoms with Gasteiger partial charge in [0.25, 0.3) is 5.91 Å². The van der Waals surface area contributed by atoms with Crippen LogP contribution in [-0.2, 0) is 19.0 Å². The molecule has 2 aromatic carbocycles. The Bertz CT molecular complexity index is 990. The molecule has 1 radical (unpaired) electrons. The normalized spacial score (nSPS) is 12.8. The highest BCUT2D eigenvalue weighted by atomic mass is 35.5. The first kappa shape index (κ1) is 25.8. The zero-order valence-electron chi connectivity index (χ0n) is 18.3. The van der Waals surface area contributed by atoms with Gasteiger partial charge in [0.15, 0.2) is 0 Å². The zero-order chi connectivity index (χ0) is 24.3. The summed E-state index contributed by atoms with van der Waals surface area (Å²) >= 11 is 6.27. The number of halogens is 3. The topological polar surface area (TPSA) is 84.9 Å². The number of benzene rings is 2. The van der Waals surface area contributed by atoms with Crippen molar-refractivity contribution in [2.24, 2.45) is 0 Å². The number of rotatable bonds is 8. The first-order valence-corrected chi connectivity index (χ1v) is 10.0. The molecule has 2 N–H and O–H groups in total. The molecule has 32 heavy (non-hydrogen) atoms. The van der Waals surface area contributed by atoms with E-state index < -0.39 is 40.8 Å². The first-order valence-electron chi connectivity index (χ1n) is 9.66. The van der Waals surface area contributed by atoms with Crippen molar-refractivity contribution in [1.29, 1.82) is 0 Å². The Morgan fingerprint density at radius 2 is 1.69 bits per heavy atom. The molecule has 10 heteroatoms. The maximum Gasteiger partial charge on any atom is 0.332 e. The smallest absolute Gasteiger partial charge is 0.332 e. The van der Waals surface area contributed by atoms with Gasteiger partial charge in [-0.25, -0.2) is 8.78 Å². The summed E-state index contributed by atoms with van der Waals surface area (Å²) in [4.78, 5) is 24.1. The Labute approximate surface area is 191 Å². The molecule has 0 fully saturated rings. The summed E-state index contributed by atoms with van der Waals surface area (Å²) in [5.41, 5.74) is -1.43. The maximum atomic E-state index is 13.6. The van der Waals surface area contributed by atoms with E-state index in [1.807, 2.05) is 0 Å². The molecule has 171 valence electrons. The number of amides is 1. The van der Waals surface area contributed by atoms with Gasteiger partial charge in [-0.05, 0) is 57.4 Å². The van der Waals surface area contributed by atoms with Gasteiger partial charge in [0, 0.05) is 29.3 Å². The van der Waals surface area contributed by atoms with E-state index in [0.29, 0.717) is 11.5 Å². The summed E-state index contributed by atoms with van der Waals surface area (Å²) < 4.78 is 37.8. The second-order valence-corrected chi connectivity index (χ2v) is 8.63. The first-order chi connectivity index (χ1) is 14.7. The molecule has 0 bridgehead atoms. The molecule has 0 aromatic heterocycles. The van der Waals surface area contributed by atoms with Crippen LogP contribution in [0.5, 0.6) is 0 Å². The van der Waals surface area contributed by atoms with E-state index in [2.05, 4.69) is 5.32 Å². The summed E-state index contributed by atoms with van der Waals surface area (Å²) in [6.45, 7) is 7.75. The van der Waals surface area contributed by atoms with E-state index in [-0.39, 0.29) is 16.3 Å². The molecule has 6 nitrogen and oxygen atoms in total. The average Bonchev–Trinajstić information content (AvgIpc) is 2.63. The monoisotopic (exact) mass is 466 g/mol. The van der Waals surface area contributed by atoms with Crippen molar-refractivity contribution in [3.05, 3.63) is 58.6 Å². The molecule has 0 aliphatic heterocycles. The van der Waals surface area contributed by atoms with E-state index in [1.165, 1.54) is 19.6 Å². The van der Waals surface area contributed by atoms with E-state index in [1.54, 1.807) is 33.8 Å². The van der Waals surface area contributed by atoms with Crippen LogP contribution in [0, 0.1) is 11.6 Å². The fourth-order valence-electron chi connectivity index (χ4n) is 2.43. The Kier molecular flexibility index (Phi) is 8.04. The number of anilines is 1. The Morgan fingerprint density at radius 1 is 1.09 bits per heavy atom. The largest absolute Gasteiger partial charge is 0.447 e. The minimum atomic E-state index is -1.57. The average molecular weight is 467 g/mol. The van der Waals surface area contributed by atoms with Crippen molar-refractivity contribution in [2.45, 2.75) is 51.9 Å². The van der Waals surface area contributed by atoms with Crippen molar-refractivity contribution in [1.82, 2.24) is 0 Å². The third-order valence-electron chi connectivity index (χ3n) is 4.93. The molecule has 0 heterocycles. The molecule has 0 saturated carbocycles. The van der Waals surface area contributed by atoms with Gasteiger partial charge >= 0.3 is 13.5 Å². The van der Waals surface area contributed by atoms with Crippen LogP contribution < -0.4 is 10.8 Å². The van der Waals surface area contributed by atoms with Crippen LogP contribution in [0.1, 0.15) is 46.3 Å². The lowest BCUT2D eigenvalue weighted by Gasteiger charge is -2.37. The molecule has 0 aliphatic rings. The Hall–Kier alpha value is -2.49. The molecule has 0 aliphatic carbocycles. The number of carbonyl (C=O) groups excluding carboxylic acids is 2. The van der Waals surface area contributed by atoms with E-state index in [4.69, 9.17) is 21.0 Å². The number of esters is 1. The zero-order valence-corrected chi connectivity index (χ0v) is 19.1. The molecular weight excluding hydrogens is 443 g/mol. The van der Waals surface area contributed by atoms with Crippen LogP contribution in [0.3, 0.4) is 0 Å². The number of carbonyl (C=O) groups is 2. The van der Waals surface area contributed by atoms with Crippen LogP contribution in [0.15, 0.2) is 36.4 Å². The quantitative estimate of drug-likeness (QED) is 0.458. The van der Waals surface area contributed by atoms with Crippen molar-refractivity contribution in [2.75, 3.05) is 5.32 Å². The predicted octanol–water partition coefficient (Wildman–Crippen LogP) is 3.67. The standard InChI is InChI=1S/C22H24BClF2NO5/c1-12(28)31-19(13-8-14(25)10-15(26)9-13)20(29)27-16-6-7-17(18(24)11-16)23-32-22(4,5)21(2,3)30/h6-11,19,30H,1-5H3,(H,27,29). The van der Waals surface area contributed by atoms with Crippen LogP contribution >= 0.6 is 11.6 Å². The minimum absolute atomic E-state index is 0.159. The lowest BCUT2D eigenvalue weighted by atomic mass is 9.82. The third-order valence-corrected chi connectivity index (χ3v) is 5.26. The molecule has 1 atom stereocenters. The van der Waals surface area contributed by atoms with Gasteiger partial charge in [-0.1, -0.05) is 17.7 Å². The van der Waals surface area contributed by atoms with Gasteiger partial charge in [0.2, 0.25) is 6.10 Å². The minimum Gasteiger partial charge on any atom is -0.447 e. The van der Waals surface area contributed by atoms with Gasteiger partial charge in [-0.3, -0.25) is 9.59 Å². The molecular formula is C22H24BClF2NO5. The predicted molar refractivity (Wildman–Crippen MR) is 118 cm³/mol. The fraction of sp³-hybridized carbons (Fsp3) is 0.364. The molecule has 0 saturated heterocycles.